The topological polar surface area (TPSA) is 9.72 Å². The number of hydrogen-bond acceptors (Lipinski definition) is 3. The van der Waals surface area contributed by atoms with Crippen LogP contribution in [0.15, 0.2) is 340 Å². The fourth-order valence-corrected chi connectivity index (χ4v) is 15.2. The largest absolute Gasteiger partial charge is 0.310 e. The van der Waals surface area contributed by atoms with Crippen LogP contribution >= 0.6 is 0 Å². The molecule has 3 nitrogen and oxygen atoms in total. The number of anilines is 9. The first-order chi connectivity index (χ1) is 45.0. The fourth-order valence-electron chi connectivity index (χ4n) is 15.2. The fraction of sp³-hybridized carbons (Fsp3) is 0.0227. The Morgan fingerprint density at radius 2 is 0.681 bits per heavy atom. The van der Waals surface area contributed by atoms with Crippen LogP contribution in [0.3, 0.4) is 0 Å². The van der Waals surface area contributed by atoms with Crippen molar-refractivity contribution in [2.45, 2.75) is 12.3 Å². The summed E-state index contributed by atoms with van der Waals surface area (Å²) in [5.41, 5.74) is 22.4. The molecule has 4 bridgehead atoms. The van der Waals surface area contributed by atoms with Gasteiger partial charge in [-0.15, -0.1) is 0 Å². The minimum Gasteiger partial charge on any atom is -0.310 e. The highest BCUT2D eigenvalue weighted by Crippen LogP contribution is 2.60. The quantitative estimate of drug-likeness (QED) is 0.105. The van der Waals surface area contributed by atoms with Gasteiger partial charge in [0.15, 0.2) is 0 Å². The van der Waals surface area contributed by atoms with Gasteiger partial charge >= 0.3 is 0 Å². The van der Waals surface area contributed by atoms with Crippen molar-refractivity contribution >= 4 is 105 Å². The monoisotopic (exact) mass is 1160 g/mol. The van der Waals surface area contributed by atoms with Gasteiger partial charge in [0, 0.05) is 66.4 Å². The van der Waals surface area contributed by atoms with Crippen molar-refractivity contribution in [2.75, 3.05) is 14.7 Å². The van der Waals surface area contributed by atoms with E-state index in [4.69, 9.17) is 0 Å². The van der Waals surface area contributed by atoms with Crippen LogP contribution in [0.5, 0.6) is 0 Å². The number of fused-ring (bicyclic) bond motifs is 9. The van der Waals surface area contributed by atoms with Gasteiger partial charge in [-0.05, 0) is 163 Å². The van der Waals surface area contributed by atoms with Crippen LogP contribution in [0, 0.1) is 0 Å². The molecule has 1 atom stereocenters. The molecular formula is C88H59N3. The SMILES string of the molecule is CC12c3ccc(cc3)-c3ccccc3N(c3ccc4ccccc4c3)c3ccc(c1c3)-c1cc3c(N(c4ccc5ccccc5c4)c4ccccc4-c4ccccc4)c4ccccc4c(N(c4ccc5ccccc5c4)c4ccccc4-c4ccccc4)c3cc12. The minimum atomic E-state index is -0.615. The molecular weight excluding hydrogens is 1100 g/mol. The maximum atomic E-state index is 2.61. The third-order valence-electron chi connectivity index (χ3n) is 19.5. The Morgan fingerprint density at radius 3 is 1.25 bits per heavy atom. The van der Waals surface area contributed by atoms with Gasteiger partial charge in [-0.2, -0.15) is 0 Å². The number of para-hydroxylation sites is 3. The van der Waals surface area contributed by atoms with Crippen LogP contribution in [0.2, 0.25) is 0 Å². The standard InChI is InChI=1S/C88H59N3/c1-88-67-45-40-63(41-46-67)74-34-16-19-37-83(74)89(68-47-42-58-22-8-11-29-64(58)52-68)71-50-51-75(81(88)55-71)78-56-79-80(57-82(78)88)87(91(70-49-44-60-24-10-13-31-66(60)54-70)85-39-21-18-33-73(85)62-27-6-3-7-28-62)77-36-15-14-35-76(77)86(79)90(69-48-43-59-23-9-12-30-65(59)53-69)84-38-20-17-32-72(84)61-25-4-2-5-26-61/h2-57H,1H3. The van der Waals surface area contributed by atoms with Crippen LogP contribution in [0.4, 0.5) is 51.2 Å². The lowest BCUT2D eigenvalue weighted by Crippen LogP contribution is -2.23. The van der Waals surface area contributed by atoms with E-state index in [0.717, 1.165) is 95.0 Å². The van der Waals surface area contributed by atoms with Crippen molar-refractivity contribution in [3.63, 3.8) is 0 Å². The van der Waals surface area contributed by atoms with Crippen molar-refractivity contribution in [2.24, 2.45) is 0 Å². The van der Waals surface area contributed by atoms with Gasteiger partial charge in [0.2, 0.25) is 0 Å². The van der Waals surface area contributed by atoms with Crippen molar-refractivity contribution < 1.29 is 0 Å². The molecule has 0 radical (unpaired) electrons. The normalized spacial score (nSPS) is 13.8. The molecule has 0 fully saturated rings. The molecule has 1 aliphatic carbocycles. The van der Waals surface area contributed by atoms with E-state index in [-0.39, 0.29) is 0 Å². The van der Waals surface area contributed by atoms with E-state index in [9.17, 15) is 0 Å². The molecule has 3 heteroatoms. The van der Waals surface area contributed by atoms with Crippen LogP contribution in [-0.2, 0) is 5.41 Å². The predicted octanol–water partition coefficient (Wildman–Crippen LogP) is 24.5. The summed E-state index contributed by atoms with van der Waals surface area (Å²) in [7, 11) is 0. The molecule has 3 aliphatic rings. The molecule has 16 aromatic rings. The second-order valence-corrected chi connectivity index (χ2v) is 24.5. The molecule has 0 N–H and O–H groups in total. The Balaban J connectivity index is 0.998. The average molecular weight is 1160 g/mol. The molecule has 0 saturated carbocycles. The average Bonchev–Trinajstić information content (AvgIpc) is 1.61. The van der Waals surface area contributed by atoms with E-state index in [1.807, 2.05) is 0 Å². The maximum absolute atomic E-state index is 2.61. The summed E-state index contributed by atoms with van der Waals surface area (Å²) in [5.74, 6) is 0. The van der Waals surface area contributed by atoms with Gasteiger partial charge in [-0.25, -0.2) is 0 Å². The second-order valence-electron chi connectivity index (χ2n) is 24.5. The van der Waals surface area contributed by atoms with Crippen LogP contribution in [0.1, 0.15) is 23.6 Å². The second kappa shape index (κ2) is 20.9. The van der Waals surface area contributed by atoms with Gasteiger partial charge in [-0.3, -0.25) is 0 Å². The van der Waals surface area contributed by atoms with Crippen LogP contribution in [-0.4, -0.2) is 0 Å². The maximum Gasteiger partial charge on any atom is 0.0620 e. The van der Waals surface area contributed by atoms with Gasteiger partial charge in [-0.1, -0.05) is 261 Å². The third kappa shape index (κ3) is 8.35. The Kier molecular flexibility index (Phi) is 12.1. The molecule has 16 aromatic carbocycles. The third-order valence-corrected chi connectivity index (χ3v) is 19.5. The van der Waals surface area contributed by atoms with E-state index in [2.05, 4.69) is 361 Å². The zero-order chi connectivity index (χ0) is 60.2. The van der Waals surface area contributed by atoms with Crippen molar-refractivity contribution in [1.29, 1.82) is 0 Å². The highest BCUT2D eigenvalue weighted by Gasteiger charge is 2.43. The lowest BCUT2D eigenvalue weighted by Gasteiger charge is -2.35. The lowest BCUT2D eigenvalue weighted by atomic mass is 9.73. The smallest absolute Gasteiger partial charge is 0.0620 e. The molecule has 0 amide bonds. The Morgan fingerprint density at radius 1 is 0.264 bits per heavy atom. The van der Waals surface area contributed by atoms with E-state index in [1.54, 1.807) is 0 Å². The molecule has 2 heterocycles. The highest BCUT2D eigenvalue weighted by atomic mass is 15.2. The summed E-state index contributed by atoms with van der Waals surface area (Å²) >= 11 is 0. The van der Waals surface area contributed by atoms with Crippen LogP contribution in [0.25, 0.3) is 98.4 Å². The van der Waals surface area contributed by atoms with Crippen molar-refractivity contribution in [3.8, 4) is 44.5 Å². The van der Waals surface area contributed by atoms with Crippen molar-refractivity contribution in [1.82, 2.24) is 0 Å². The predicted molar refractivity (Wildman–Crippen MR) is 385 cm³/mol. The molecule has 1 unspecified atom stereocenters. The van der Waals surface area contributed by atoms with E-state index >= 15 is 0 Å². The van der Waals surface area contributed by atoms with E-state index < -0.39 is 5.41 Å². The molecule has 2 aliphatic heterocycles. The Hall–Kier alpha value is -11.8. The first kappa shape index (κ1) is 52.4. The summed E-state index contributed by atoms with van der Waals surface area (Å²) in [4.78, 5) is 7.65. The zero-order valence-corrected chi connectivity index (χ0v) is 50.2. The molecule has 0 saturated heterocycles. The summed E-state index contributed by atoms with van der Waals surface area (Å²) in [6.45, 7) is 2.48. The van der Waals surface area contributed by atoms with Gasteiger partial charge in [0.05, 0.1) is 28.4 Å². The molecule has 0 aromatic heterocycles. The summed E-state index contributed by atoms with van der Waals surface area (Å²) < 4.78 is 0. The zero-order valence-electron chi connectivity index (χ0n) is 50.2. The molecule has 91 heavy (non-hydrogen) atoms. The van der Waals surface area contributed by atoms with Gasteiger partial charge in [0.1, 0.15) is 0 Å². The highest BCUT2D eigenvalue weighted by molar-refractivity contribution is 6.25. The number of hydrogen-bond donors (Lipinski definition) is 0. The first-order valence-electron chi connectivity index (χ1n) is 31.6. The summed E-state index contributed by atoms with van der Waals surface area (Å²) in [6, 6.07) is 127. The Bertz CT molecular complexity index is 5580. The molecule has 0 spiro atoms. The van der Waals surface area contributed by atoms with Crippen molar-refractivity contribution in [3.05, 3.63) is 356 Å². The van der Waals surface area contributed by atoms with Gasteiger partial charge in [0.25, 0.3) is 0 Å². The van der Waals surface area contributed by atoms with E-state index in [1.165, 1.54) is 71.3 Å². The summed E-state index contributed by atoms with van der Waals surface area (Å²) in [6.07, 6.45) is 0. The minimum absolute atomic E-state index is 0.615. The lowest BCUT2D eigenvalue weighted by molar-refractivity contribution is 0.715. The van der Waals surface area contributed by atoms with Gasteiger partial charge < -0.3 is 14.7 Å². The van der Waals surface area contributed by atoms with Crippen LogP contribution < -0.4 is 14.7 Å². The molecule has 426 valence electrons. The summed E-state index contributed by atoms with van der Waals surface area (Å²) in [5, 5.41) is 11.7. The molecule has 19 rings (SSSR count). The number of nitrogens with zero attached hydrogens (tertiary/aromatic N) is 3. The van der Waals surface area contributed by atoms with E-state index in [0.29, 0.717) is 0 Å². The number of benzene rings is 16. The first-order valence-corrected chi connectivity index (χ1v) is 31.6. The number of rotatable bonds is 9. The Labute approximate surface area is 529 Å².